The Morgan fingerprint density at radius 3 is 2.46 bits per heavy atom. The van der Waals surface area contributed by atoms with Crippen molar-refractivity contribution < 1.29 is 38.1 Å². The number of epoxide rings is 1. The van der Waals surface area contributed by atoms with Gasteiger partial charge in [-0.2, -0.15) is 0 Å². The Kier molecular flexibility index (Phi) is 12.3. The van der Waals surface area contributed by atoms with Gasteiger partial charge in [-0.3, -0.25) is 14.4 Å². The van der Waals surface area contributed by atoms with Crippen molar-refractivity contribution in [1.29, 1.82) is 0 Å². The Balaban J connectivity index is 1.61. The van der Waals surface area contributed by atoms with Crippen LogP contribution in [0.4, 0.5) is 0 Å². The van der Waals surface area contributed by atoms with Crippen LogP contribution in [0.3, 0.4) is 0 Å². The van der Waals surface area contributed by atoms with Gasteiger partial charge in [-0.15, -0.1) is 0 Å². The van der Waals surface area contributed by atoms with Gasteiger partial charge in [-0.1, -0.05) is 74.3 Å². The average molecular weight is 683 g/mol. The molecule has 0 aromatic heterocycles. The summed E-state index contributed by atoms with van der Waals surface area (Å²) in [7, 11) is 1.51. The van der Waals surface area contributed by atoms with Crippen molar-refractivity contribution in [3.63, 3.8) is 0 Å². The highest BCUT2D eigenvalue weighted by Gasteiger charge is 2.48. The second-order valence-electron chi connectivity index (χ2n) is 13.8. The van der Waals surface area contributed by atoms with E-state index in [-0.39, 0.29) is 49.9 Å². The fourth-order valence-electron chi connectivity index (χ4n) is 5.67. The van der Waals surface area contributed by atoms with E-state index >= 15 is 0 Å². The standard InChI is InChI=1S/C37H47ClN2O8/c1-21(2)16-30-35(43)46-28(23(4)32-33(48-32)25-11-8-10-22(3)17-25)12-9-13-31(41)40-27(19-24-14-15-29(45-7)26(38)18-24)34(42)39-20-37(5,6)36(44)47-30/h8-11,13-15,17-18,21,23,27-28,30,32-33H,12,16,19-20H2,1-7H3,(H,39,42)(H,40,41)/b13-9+/t23-,27+,28-,30-,32-,33-/m0/s1. The molecular formula is C37H47ClN2O8. The zero-order valence-corrected chi connectivity index (χ0v) is 29.5. The molecule has 6 atom stereocenters. The van der Waals surface area contributed by atoms with E-state index in [0.29, 0.717) is 16.3 Å². The van der Waals surface area contributed by atoms with Crippen LogP contribution in [0.25, 0.3) is 0 Å². The third-order valence-electron chi connectivity index (χ3n) is 8.65. The van der Waals surface area contributed by atoms with Crippen molar-refractivity contribution in [3.05, 3.63) is 76.3 Å². The van der Waals surface area contributed by atoms with Gasteiger partial charge >= 0.3 is 11.9 Å². The van der Waals surface area contributed by atoms with Gasteiger partial charge < -0.3 is 29.6 Å². The Hall–Kier alpha value is -3.89. The molecule has 2 aliphatic heterocycles. The number of nitrogens with one attached hydrogen (secondary N) is 2. The highest BCUT2D eigenvalue weighted by molar-refractivity contribution is 6.32. The van der Waals surface area contributed by atoms with Crippen molar-refractivity contribution in [2.45, 2.75) is 91.3 Å². The minimum Gasteiger partial charge on any atom is -0.495 e. The number of hydrogen-bond acceptors (Lipinski definition) is 8. The molecule has 0 aliphatic carbocycles. The van der Waals surface area contributed by atoms with Crippen molar-refractivity contribution in [1.82, 2.24) is 10.6 Å². The lowest BCUT2D eigenvalue weighted by atomic mass is 9.92. The predicted octanol–water partition coefficient (Wildman–Crippen LogP) is 5.43. The molecule has 2 aromatic carbocycles. The quantitative estimate of drug-likeness (QED) is 0.278. The number of methoxy groups -OCH3 is 1. The predicted molar refractivity (Wildman–Crippen MR) is 181 cm³/mol. The number of ether oxygens (including phenoxy) is 4. The van der Waals surface area contributed by atoms with Crippen LogP contribution in [0.1, 0.15) is 70.3 Å². The molecule has 0 spiro atoms. The molecular weight excluding hydrogens is 636 g/mol. The van der Waals surface area contributed by atoms with Gasteiger partial charge in [0.25, 0.3) is 0 Å². The molecule has 1 fully saturated rings. The second-order valence-corrected chi connectivity index (χ2v) is 14.2. The SMILES string of the molecule is COc1ccc(C[C@H]2NC(=O)/C=C/C[C@@H]([C@H](C)[C@@H]3O[C@H]3c3cccc(C)c3)OC(=O)[C@H](CC(C)C)OC(=O)C(C)(C)CNC2=O)cc1Cl. The minimum atomic E-state index is -1.20. The van der Waals surface area contributed by atoms with Crippen LogP contribution >= 0.6 is 11.6 Å². The summed E-state index contributed by atoms with van der Waals surface area (Å²) in [5.74, 6) is -2.06. The lowest BCUT2D eigenvalue weighted by molar-refractivity contribution is -0.179. The summed E-state index contributed by atoms with van der Waals surface area (Å²) in [6, 6.07) is 12.2. The first-order chi connectivity index (χ1) is 22.7. The number of cyclic esters (lactones) is 2. The summed E-state index contributed by atoms with van der Waals surface area (Å²) >= 11 is 6.32. The summed E-state index contributed by atoms with van der Waals surface area (Å²) < 4.78 is 23.2. The summed E-state index contributed by atoms with van der Waals surface area (Å²) in [4.78, 5) is 53.7. The van der Waals surface area contributed by atoms with E-state index in [2.05, 4.69) is 16.7 Å². The smallest absolute Gasteiger partial charge is 0.347 e. The number of amides is 2. The maximum Gasteiger partial charge on any atom is 0.347 e. The summed E-state index contributed by atoms with van der Waals surface area (Å²) in [6.45, 7) is 11.0. The highest BCUT2D eigenvalue weighted by Crippen LogP contribution is 2.45. The van der Waals surface area contributed by atoms with E-state index in [0.717, 1.165) is 11.1 Å². The van der Waals surface area contributed by atoms with E-state index in [1.165, 1.54) is 13.2 Å². The zero-order chi connectivity index (χ0) is 35.2. The van der Waals surface area contributed by atoms with Gasteiger partial charge in [0.15, 0.2) is 6.10 Å². The van der Waals surface area contributed by atoms with Crippen LogP contribution in [0.2, 0.25) is 5.02 Å². The van der Waals surface area contributed by atoms with Crippen molar-refractivity contribution in [2.75, 3.05) is 13.7 Å². The molecule has 2 amide bonds. The first-order valence-corrected chi connectivity index (χ1v) is 16.8. The van der Waals surface area contributed by atoms with Gasteiger partial charge in [0, 0.05) is 25.3 Å². The number of aryl methyl sites for hydroxylation is 1. The first kappa shape index (κ1) is 36.9. The number of carbonyl (C=O) groups is 4. The Labute approximate surface area is 287 Å². The third kappa shape index (κ3) is 9.82. The summed E-state index contributed by atoms with van der Waals surface area (Å²) in [5, 5.41) is 5.92. The zero-order valence-electron chi connectivity index (χ0n) is 28.7. The minimum absolute atomic E-state index is 0.0212. The molecule has 0 unspecified atom stereocenters. The van der Waals surface area contributed by atoms with Crippen LogP contribution in [0.5, 0.6) is 5.75 Å². The molecule has 2 aromatic rings. The monoisotopic (exact) mass is 682 g/mol. The average Bonchev–Trinajstić information content (AvgIpc) is 3.83. The maximum absolute atomic E-state index is 13.6. The van der Waals surface area contributed by atoms with Crippen LogP contribution in [-0.4, -0.2) is 61.8 Å². The Morgan fingerprint density at radius 2 is 1.79 bits per heavy atom. The van der Waals surface area contributed by atoms with Crippen LogP contribution in [-0.2, 0) is 39.8 Å². The van der Waals surface area contributed by atoms with Gasteiger partial charge in [0.2, 0.25) is 11.8 Å². The van der Waals surface area contributed by atoms with Crippen LogP contribution in [0, 0.1) is 24.2 Å². The molecule has 11 heteroatoms. The lowest BCUT2D eigenvalue weighted by Gasteiger charge is -2.29. The Bertz CT molecular complexity index is 1520. The number of hydrogen-bond donors (Lipinski definition) is 2. The molecule has 2 heterocycles. The third-order valence-corrected chi connectivity index (χ3v) is 8.95. The van der Waals surface area contributed by atoms with Gasteiger partial charge in [0.1, 0.15) is 24.0 Å². The maximum atomic E-state index is 13.6. The summed E-state index contributed by atoms with van der Waals surface area (Å²) in [6.07, 6.45) is 1.33. The normalized spacial score (nSPS) is 26.5. The number of halogens is 1. The largest absolute Gasteiger partial charge is 0.495 e. The molecule has 260 valence electrons. The molecule has 0 bridgehead atoms. The van der Waals surface area contributed by atoms with E-state index in [4.69, 9.17) is 30.5 Å². The fraction of sp³-hybridized carbons (Fsp3) is 0.514. The van der Waals surface area contributed by atoms with Gasteiger partial charge in [0.05, 0.1) is 23.7 Å². The topological polar surface area (TPSA) is 133 Å². The van der Waals surface area contributed by atoms with Crippen molar-refractivity contribution >= 4 is 35.4 Å². The lowest BCUT2D eigenvalue weighted by Crippen LogP contribution is -2.51. The fourth-order valence-corrected chi connectivity index (χ4v) is 5.95. The van der Waals surface area contributed by atoms with E-state index in [1.807, 2.05) is 45.9 Å². The van der Waals surface area contributed by atoms with Crippen LogP contribution in [0.15, 0.2) is 54.6 Å². The molecule has 2 aliphatic rings. The second kappa shape index (κ2) is 16.0. The molecule has 48 heavy (non-hydrogen) atoms. The van der Waals surface area contributed by atoms with Crippen molar-refractivity contribution in [3.8, 4) is 5.75 Å². The Morgan fingerprint density at radius 1 is 1.04 bits per heavy atom. The van der Waals surface area contributed by atoms with Gasteiger partial charge in [-0.05, 0) is 62.4 Å². The number of esters is 2. The van der Waals surface area contributed by atoms with E-state index < -0.39 is 47.4 Å². The molecule has 10 nitrogen and oxygen atoms in total. The number of carbonyl (C=O) groups excluding carboxylic acids is 4. The first-order valence-electron chi connectivity index (χ1n) is 16.4. The molecule has 0 saturated carbocycles. The highest BCUT2D eigenvalue weighted by atomic mass is 35.5. The molecule has 4 rings (SSSR count). The van der Waals surface area contributed by atoms with E-state index in [9.17, 15) is 19.2 Å². The van der Waals surface area contributed by atoms with Crippen molar-refractivity contribution in [2.24, 2.45) is 17.3 Å². The van der Waals surface area contributed by atoms with Gasteiger partial charge in [-0.25, -0.2) is 4.79 Å². The van der Waals surface area contributed by atoms with Crippen LogP contribution < -0.4 is 15.4 Å². The molecule has 0 radical (unpaired) electrons. The molecule has 2 N–H and O–H groups in total. The number of benzene rings is 2. The van der Waals surface area contributed by atoms with E-state index in [1.54, 1.807) is 38.1 Å². The summed E-state index contributed by atoms with van der Waals surface area (Å²) in [5.41, 5.74) is 1.65. The number of rotatable bonds is 8. The molecule has 1 saturated heterocycles.